The first-order valence-corrected chi connectivity index (χ1v) is 7.90. The lowest BCUT2D eigenvalue weighted by molar-refractivity contribution is 0.0626. The highest BCUT2D eigenvalue weighted by Crippen LogP contribution is 2.22. The van der Waals surface area contributed by atoms with E-state index in [-0.39, 0.29) is 5.91 Å². The fourth-order valence-corrected chi connectivity index (χ4v) is 3.10. The summed E-state index contributed by atoms with van der Waals surface area (Å²) in [4.78, 5) is 14.7. The number of hydrogen-bond acceptors (Lipinski definition) is 4. The van der Waals surface area contributed by atoms with Gasteiger partial charge in [0.25, 0.3) is 5.91 Å². The summed E-state index contributed by atoms with van der Waals surface area (Å²) < 4.78 is 0. The van der Waals surface area contributed by atoms with E-state index in [0.29, 0.717) is 23.2 Å². The molecule has 1 aliphatic rings. The molecule has 1 aromatic rings. The van der Waals surface area contributed by atoms with E-state index in [0.717, 1.165) is 38.2 Å². The van der Waals surface area contributed by atoms with Crippen LogP contribution in [0.4, 0.5) is 0 Å². The Labute approximate surface area is 127 Å². The molecule has 2 atom stereocenters. The molecule has 21 heavy (non-hydrogen) atoms. The van der Waals surface area contributed by atoms with Crippen LogP contribution in [-0.4, -0.2) is 46.7 Å². The summed E-state index contributed by atoms with van der Waals surface area (Å²) in [5.74, 6) is 0.623. The molecule has 0 saturated carbocycles. The van der Waals surface area contributed by atoms with Crippen molar-refractivity contribution in [2.75, 3.05) is 19.6 Å². The number of amides is 1. The molecule has 0 bridgehead atoms. The predicted molar refractivity (Wildman–Crippen MR) is 83.3 cm³/mol. The molecule has 1 fully saturated rings. The molecule has 5 nitrogen and oxygen atoms in total. The molecule has 1 saturated heterocycles. The zero-order chi connectivity index (χ0) is 15.4. The Morgan fingerprint density at radius 1 is 1.38 bits per heavy atom. The van der Waals surface area contributed by atoms with Crippen LogP contribution in [0.5, 0.6) is 0 Å². The maximum atomic E-state index is 12.7. The number of aryl methyl sites for hydroxylation is 2. The molecule has 2 rings (SSSR count). The average molecular weight is 290 g/mol. The number of piperidine rings is 1. The van der Waals surface area contributed by atoms with Crippen molar-refractivity contribution in [3.63, 3.8) is 0 Å². The van der Waals surface area contributed by atoms with Crippen LogP contribution in [0.25, 0.3) is 0 Å². The average Bonchev–Trinajstić information content (AvgIpc) is 2.49. The van der Waals surface area contributed by atoms with Crippen LogP contribution in [-0.2, 0) is 0 Å². The molecular formula is C16H26N4O. The smallest absolute Gasteiger partial charge is 0.255 e. The first-order valence-electron chi connectivity index (χ1n) is 7.90. The number of hydrogen-bond donors (Lipinski definition) is 1. The van der Waals surface area contributed by atoms with Crippen LogP contribution in [0.2, 0.25) is 0 Å². The molecule has 116 valence electrons. The van der Waals surface area contributed by atoms with E-state index in [4.69, 9.17) is 0 Å². The fraction of sp³-hybridized carbons (Fsp3) is 0.688. The lowest BCUT2D eigenvalue weighted by Crippen LogP contribution is -2.51. The number of nitrogens with one attached hydrogen (secondary N) is 1. The molecule has 1 N–H and O–H groups in total. The molecule has 1 aromatic heterocycles. The molecule has 0 radical (unpaired) electrons. The van der Waals surface area contributed by atoms with E-state index in [1.54, 1.807) is 0 Å². The number of carbonyl (C=O) groups is 1. The molecule has 0 aromatic carbocycles. The monoisotopic (exact) mass is 290 g/mol. The van der Waals surface area contributed by atoms with E-state index < -0.39 is 0 Å². The van der Waals surface area contributed by atoms with Gasteiger partial charge in [0.15, 0.2) is 0 Å². The quantitative estimate of drug-likeness (QED) is 0.920. The summed E-state index contributed by atoms with van der Waals surface area (Å²) in [6, 6.07) is 2.38. The first-order chi connectivity index (χ1) is 10.1. The van der Waals surface area contributed by atoms with Gasteiger partial charge in [0, 0.05) is 19.1 Å². The second kappa shape index (κ2) is 6.98. The van der Waals surface area contributed by atoms with E-state index in [1.807, 2.05) is 24.8 Å². The molecule has 1 amide bonds. The fourth-order valence-electron chi connectivity index (χ4n) is 3.10. The maximum Gasteiger partial charge on any atom is 0.255 e. The molecule has 5 heteroatoms. The van der Waals surface area contributed by atoms with Crippen molar-refractivity contribution in [2.24, 2.45) is 5.92 Å². The second-order valence-corrected chi connectivity index (χ2v) is 5.86. The van der Waals surface area contributed by atoms with Crippen molar-refractivity contribution in [3.8, 4) is 0 Å². The molecular weight excluding hydrogens is 264 g/mol. The Hall–Kier alpha value is -1.49. The third-order valence-electron chi connectivity index (χ3n) is 4.34. The van der Waals surface area contributed by atoms with Gasteiger partial charge in [-0.05, 0) is 38.8 Å². The second-order valence-electron chi connectivity index (χ2n) is 5.86. The van der Waals surface area contributed by atoms with Gasteiger partial charge in [0.2, 0.25) is 0 Å². The van der Waals surface area contributed by atoms with Crippen LogP contribution in [0.3, 0.4) is 0 Å². The SMILES string of the molecule is CCNC1CCN(C(=O)c2cc(C)nnc2C)CC1CC. The van der Waals surface area contributed by atoms with Gasteiger partial charge in [-0.3, -0.25) is 4.79 Å². The Kier molecular flexibility index (Phi) is 5.28. The first kappa shape index (κ1) is 15.9. The number of likely N-dealkylation sites (tertiary alicyclic amines) is 1. The van der Waals surface area contributed by atoms with Crippen LogP contribution in [0, 0.1) is 19.8 Å². The molecule has 1 aliphatic heterocycles. The van der Waals surface area contributed by atoms with Crippen molar-refractivity contribution in [3.05, 3.63) is 23.0 Å². The summed E-state index contributed by atoms with van der Waals surface area (Å²) in [6.07, 6.45) is 2.11. The van der Waals surface area contributed by atoms with Crippen molar-refractivity contribution in [1.29, 1.82) is 0 Å². The van der Waals surface area contributed by atoms with Crippen LogP contribution >= 0.6 is 0 Å². The highest BCUT2D eigenvalue weighted by atomic mass is 16.2. The minimum atomic E-state index is 0.0962. The van der Waals surface area contributed by atoms with Gasteiger partial charge in [0.05, 0.1) is 17.0 Å². The van der Waals surface area contributed by atoms with Gasteiger partial charge < -0.3 is 10.2 Å². The number of rotatable bonds is 4. The van der Waals surface area contributed by atoms with Crippen molar-refractivity contribution in [1.82, 2.24) is 20.4 Å². The molecule has 0 aliphatic carbocycles. The predicted octanol–water partition coefficient (Wildman–Crippen LogP) is 1.94. The van der Waals surface area contributed by atoms with Gasteiger partial charge in [0.1, 0.15) is 0 Å². The van der Waals surface area contributed by atoms with Crippen molar-refractivity contribution >= 4 is 5.91 Å². The van der Waals surface area contributed by atoms with Gasteiger partial charge in [-0.15, -0.1) is 0 Å². The third kappa shape index (κ3) is 3.59. The third-order valence-corrected chi connectivity index (χ3v) is 4.34. The normalized spacial score (nSPS) is 22.4. The Morgan fingerprint density at radius 2 is 2.14 bits per heavy atom. The lowest BCUT2D eigenvalue weighted by Gasteiger charge is -2.38. The standard InChI is InChI=1S/C16H26N4O/c1-5-13-10-20(8-7-15(13)17-6-2)16(21)14-9-11(3)18-19-12(14)4/h9,13,15,17H,5-8,10H2,1-4H3. The number of nitrogens with zero attached hydrogens (tertiary/aromatic N) is 3. The van der Waals surface area contributed by atoms with E-state index >= 15 is 0 Å². The number of carbonyl (C=O) groups excluding carboxylic acids is 1. The maximum absolute atomic E-state index is 12.7. The Balaban J connectivity index is 2.12. The van der Waals surface area contributed by atoms with Gasteiger partial charge in [-0.2, -0.15) is 10.2 Å². The number of aromatic nitrogens is 2. The molecule has 2 unspecified atom stereocenters. The molecule has 2 heterocycles. The topological polar surface area (TPSA) is 58.1 Å². The summed E-state index contributed by atoms with van der Waals surface area (Å²) in [6.45, 7) is 10.7. The highest BCUT2D eigenvalue weighted by Gasteiger charge is 2.30. The van der Waals surface area contributed by atoms with Crippen molar-refractivity contribution in [2.45, 2.75) is 46.6 Å². The zero-order valence-electron chi connectivity index (χ0n) is 13.5. The minimum absolute atomic E-state index is 0.0962. The van der Waals surface area contributed by atoms with Gasteiger partial charge in [-0.1, -0.05) is 20.3 Å². The van der Waals surface area contributed by atoms with Crippen LogP contribution in [0.15, 0.2) is 6.07 Å². The molecule has 0 spiro atoms. The zero-order valence-corrected chi connectivity index (χ0v) is 13.5. The van der Waals surface area contributed by atoms with Crippen molar-refractivity contribution < 1.29 is 4.79 Å². The summed E-state index contributed by atoms with van der Waals surface area (Å²) in [5, 5.41) is 11.6. The van der Waals surface area contributed by atoms with E-state index in [2.05, 4.69) is 29.4 Å². The lowest BCUT2D eigenvalue weighted by atomic mass is 9.89. The van der Waals surface area contributed by atoms with Crippen LogP contribution < -0.4 is 5.32 Å². The Bertz CT molecular complexity index is 503. The van der Waals surface area contributed by atoms with Crippen LogP contribution in [0.1, 0.15) is 48.4 Å². The Morgan fingerprint density at radius 3 is 2.81 bits per heavy atom. The van der Waals surface area contributed by atoms with Gasteiger partial charge in [-0.25, -0.2) is 0 Å². The highest BCUT2D eigenvalue weighted by molar-refractivity contribution is 5.95. The largest absolute Gasteiger partial charge is 0.338 e. The minimum Gasteiger partial charge on any atom is -0.338 e. The van der Waals surface area contributed by atoms with Gasteiger partial charge >= 0.3 is 0 Å². The van der Waals surface area contributed by atoms with E-state index in [9.17, 15) is 4.79 Å². The summed E-state index contributed by atoms with van der Waals surface area (Å²) >= 11 is 0. The summed E-state index contributed by atoms with van der Waals surface area (Å²) in [5.41, 5.74) is 2.20. The summed E-state index contributed by atoms with van der Waals surface area (Å²) in [7, 11) is 0. The van der Waals surface area contributed by atoms with E-state index in [1.165, 1.54) is 0 Å².